The van der Waals surface area contributed by atoms with E-state index < -0.39 is 5.41 Å². The van der Waals surface area contributed by atoms with Crippen molar-refractivity contribution in [2.24, 2.45) is 11.1 Å². The molecule has 0 aromatic carbocycles. The minimum Gasteiger partial charge on any atom is -0.329 e. The molecule has 0 saturated heterocycles. The van der Waals surface area contributed by atoms with Crippen LogP contribution >= 0.6 is 0 Å². The molecule has 1 rings (SSSR count). The van der Waals surface area contributed by atoms with Crippen molar-refractivity contribution in [1.82, 2.24) is 4.98 Å². The summed E-state index contributed by atoms with van der Waals surface area (Å²) in [5, 5.41) is 2.82. The van der Waals surface area contributed by atoms with E-state index in [0.717, 1.165) is 5.56 Å². The quantitative estimate of drug-likeness (QED) is 0.813. The lowest BCUT2D eigenvalue weighted by Crippen LogP contribution is -2.39. The molecule has 0 fully saturated rings. The first-order valence-corrected chi connectivity index (χ1v) is 5.46. The van der Waals surface area contributed by atoms with Crippen LogP contribution in [0.5, 0.6) is 0 Å². The Kier molecular flexibility index (Phi) is 4.01. The fraction of sp³-hybridized carbons (Fsp3) is 0.500. The second-order valence-corrected chi connectivity index (χ2v) is 4.24. The maximum atomic E-state index is 12.0. The molecule has 1 aromatic rings. The van der Waals surface area contributed by atoms with Crippen molar-refractivity contribution < 1.29 is 4.79 Å². The highest BCUT2D eigenvalue weighted by atomic mass is 16.2. The monoisotopic (exact) mass is 221 g/mol. The minimum absolute atomic E-state index is 0.0701. The zero-order chi connectivity index (χ0) is 12.2. The fourth-order valence-corrected chi connectivity index (χ4v) is 1.27. The molecule has 1 amide bonds. The lowest BCUT2D eigenvalue weighted by molar-refractivity contribution is -0.124. The predicted molar refractivity (Wildman–Crippen MR) is 65.1 cm³/mol. The first kappa shape index (κ1) is 12.6. The molecule has 88 valence electrons. The van der Waals surface area contributed by atoms with Gasteiger partial charge < -0.3 is 11.1 Å². The van der Waals surface area contributed by atoms with E-state index in [2.05, 4.69) is 10.3 Å². The number of hydrogen-bond acceptors (Lipinski definition) is 3. The lowest BCUT2D eigenvalue weighted by Gasteiger charge is -2.24. The molecular formula is C12H19N3O. The molecule has 1 atom stereocenters. The summed E-state index contributed by atoms with van der Waals surface area (Å²) in [6, 6.07) is 3.75. The number of carbonyl (C=O) groups excluding carboxylic acids is 1. The van der Waals surface area contributed by atoms with Gasteiger partial charge in [-0.25, -0.2) is 4.98 Å². The first-order valence-electron chi connectivity index (χ1n) is 5.46. The smallest absolute Gasteiger partial charge is 0.232 e. The van der Waals surface area contributed by atoms with Gasteiger partial charge in [-0.15, -0.1) is 0 Å². The van der Waals surface area contributed by atoms with Gasteiger partial charge in [-0.2, -0.15) is 0 Å². The molecule has 0 aliphatic heterocycles. The van der Waals surface area contributed by atoms with E-state index in [9.17, 15) is 4.79 Å². The van der Waals surface area contributed by atoms with Crippen molar-refractivity contribution in [3.63, 3.8) is 0 Å². The molecule has 4 nitrogen and oxygen atoms in total. The van der Waals surface area contributed by atoms with Gasteiger partial charge in [0.25, 0.3) is 0 Å². The summed E-state index contributed by atoms with van der Waals surface area (Å²) in [5.74, 6) is 0.542. The average molecular weight is 221 g/mol. The number of aryl methyl sites for hydroxylation is 1. The zero-order valence-electron chi connectivity index (χ0n) is 10.1. The highest BCUT2D eigenvalue weighted by molar-refractivity contribution is 5.94. The highest BCUT2D eigenvalue weighted by Gasteiger charge is 2.30. The van der Waals surface area contributed by atoms with Gasteiger partial charge in [-0.05, 0) is 31.9 Å². The van der Waals surface area contributed by atoms with Gasteiger partial charge in [0.05, 0.1) is 5.41 Å². The third-order valence-electron chi connectivity index (χ3n) is 3.02. The standard InChI is InChI=1S/C12H19N3O/c1-4-12(3,8-13)11(16)15-10-9(2)6-5-7-14-10/h5-7H,4,8,13H2,1-3H3,(H,14,15,16). The van der Waals surface area contributed by atoms with Crippen LogP contribution in [0.1, 0.15) is 25.8 Å². The fourth-order valence-electron chi connectivity index (χ4n) is 1.27. The number of nitrogens with one attached hydrogen (secondary N) is 1. The summed E-state index contributed by atoms with van der Waals surface area (Å²) < 4.78 is 0. The Morgan fingerprint density at radius 2 is 2.31 bits per heavy atom. The average Bonchev–Trinajstić information content (AvgIpc) is 2.31. The topological polar surface area (TPSA) is 68.0 Å². The van der Waals surface area contributed by atoms with Crippen molar-refractivity contribution in [2.45, 2.75) is 27.2 Å². The number of nitrogens with two attached hydrogens (primary N) is 1. The van der Waals surface area contributed by atoms with Gasteiger partial charge in [0, 0.05) is 12.7 Å². The van der Waals surface area contributed by atoms with Crippen LogP contribution in [-0.4, -0.2) is 17.4 Å². The van der Waals surface area contributed by atoms with Gasteiger partial charge in [-0.3, -0.25) is 4.79 Å². The minimum atomic E-state index is -0.524. The van der Waals surface area contributed by atoms with Crippen LogP contribution in [0.3, 0.4) is 0 Å². The summed E-state index contributed by atoms with van der Waals surface area (Å²) in [5.41, 5.74) is 6.06. The Morgan fingerprint density at radius 3 is 2.81 bits per heavy atom. The molecule has 1 heterocycles. The SMILES string of the molecule is CCC(C)(CN)C(=O)Nc1ncccc1C. The van der Waals surface area contributed by atoms with Crippen LogP contribution in [0.4, 0.5) is 5.82 Å². The summed E-state index contributed by atoms with van der Waals surface area (Å²) >= 11 is 0. The Morgan fingerprint density at radius 1 is 1.62 bits per heavy atom. The summed E-state index contributed by atoms with van der Waals surface area (Å²) in [7, 11) is 0. The van der Waals surface area contributed by atoms with Crippen LogP contribution < -0.4 is 11.1 Å². The molecule has 0 bridgehead atoms. The summed E-state index contributed by atoms with van der Waals surface area (Å²) in [6.45, 7) is 6.06. The van der Waals surface area contributed by atoms with E-state index >= 15 is 0 Å². The normalized spacial score (nSPS) is 14.2. The molecule has 4 heteroatoms. The van der Waals surface area contributed by atoms with E-state index in [1.54, 1.807) is 6.20 Å². The van der Waals surface area contributed by atoms with Gasteiger partial charge >= 0.3 is 0 Å². The van der Waals surface area contributed by atoms with E-state index in [1.165, 1.54) is 0 Å². The van der Waals surface area contributed by atoms with Crippen LogP contribution in [0.25, 0.3) is 0 Å². The van der Waals surface area contributed by atoms with Crippen molar-refractivity contribution in [3.05, 3.63) is 23.9 Å². The number of anilines is 1. The van der Waals surface area contributed by atoms with Gasteiger partial charge in [0.1, 0.15) is 5.82 Å². The maximum absolute atomic E-state index is 12.0. The van der Waals surface area contributed by atoms with Crippen molar-refractivity contribution in [2.75, 3.05) is 11.9 Å². The lowest BCUT2D eigenvalue weighted by atomic mass is 9.86. The molecule has 1 unspecified atom stereocenters. The van der Waals surface area contributed by atoms with E-state index in [0.29, 0.717) is 18.8 Å². The summed E-state index contributed by atoms with van der Waals surface area (Å²) in [4.78, 5) is 16.1. The van der Waals surface area contributed by atoms with E-state index in [4.69, 9.17) is 5.73 Å². The molecule has 0 saturated carbocycles. The van der Waals surface area contributed by atoms with Crippen molar-refractivity contribution in [1.29, 1.82) is 0 Å². The largest absolute Gasteiger partial charge is 0.329 e. The number of pyridine rings is 1. The Labute approximate surface area is 96.3 Å². The predicted octanol–water partition coefficient (Wildman–Crippen LogP) is 1.70. The number of carbonyl (C=O) groups is 1. The number of amides is 1. The number of nitrogens with zero attached hydrogens (tertiary/aromatic N) is 1. The number of aromatic nitrogens is 1. The van der Waals surface area contributed by atoms with Gasteiger partial charge in [0.15, 0.2) is 0 Å². The Bertz CT molecular complexity index is 372. The molecule has 1 aromatic heterocycles. The van der Waals surface area contributed by atoms with Crippen LogP contribution in [0.2, 0.25) is 0 Å². The summed E-state index contributed by atoms with van der Waals surface area (Å²) in [6.07, 6.45) is 2.37. The highest BCUT2D eigenvalue weighted by Crippen LogP contribution is 2.22. The number of rotatable bonds is 4. The van der Waals surface area contributed by atoms with Crippen molar-refractivity contribution >= 4 is 11.7 Å². The first-order chi connectivity index (χ1) is 7.53. The van der Waals surface area contributed by atoms with Crippen LogP contribution in [-0.2, 0) is 4.79 Å². The third-order valence-corrected chi connectivity index (χ3v) is 3.02. The maximum Gasteiger partial charge on any atom is 0.232 e. The van der Waals surface area contributed by atoms with E-state index in [-0.39, 0.29) is 5.91 Å². The molecular weight excluding hydrogens is 202 g/mol. The molecule has 0 spiro atoms. The molecule has 0 aliphatic rings. The van der Waals surface area contributed by atoms with E-state index in [1.807, 2.05) is 32.9 Å². The van der Waals surface area contributed by atoms with Gasteiger partial charge in [0.2, 0.25) is 5.91 Å². The second kappa shape index (κ2) is 5.07. The van der Waals surface area contributed by atoms with Crippen LogP contribution in [0, 0.1) is 12.3 Å². The molecule has 16 heavy (non-hydrogen) atoms. The zero-order valence-corrected chi connectivity index (χ0v) is 10.1. The molecule has 0 aliphatic carbocycles. The third kappa shape index (κ3) is 2.58. The van der Waals surface area contributed by atoms with Crippen molar-refractivity contribution in [3.8, 4) is 0 Å². The Balaban J connectivity index is 2.83. The number of hydrogen-bond donors (Lipinski definition) is 2. The molecule has 0 radical (unpaired) electrons. The van der Waals surface area contributed by atoms with Gasteiger partial charge in [-0.1, -0.05) is 13.0 Å². The second-order valence-electron chi connectivity index (χ2n) is 4.24. The molecule has 3 N–H and O–H groups in total. The van der Waals surface area contributed by atoms with Crippen LogP contribution in [0.15, 0.2) is 18.3 Å². The Hall–Kier alpha value is -1.42.